The van der Waals surface area contributed by atoms with Crippen LogP contribution in [-0.4, -0.2) is 61.1 Å². The number of morpholine rings is 1. The van der Waals surface area contributed by atoms with Crippen LogP contribution in [0.3, 0.4) is 0 Å². The normalized spacial score (nSPS) is 21.3. The number of carbonyl (C=O) groups excluding carboxylic acids is 2. The van der Waals surface area contributed by atoms with Gasteiger partial charge in [-0.2, -0.15) is 0 Å². The number of likely N-dealkylation sites (tertiary alicyclic amines) is 1. The van der Waals surface area contributed by atoms with E-state index in [9.17, 15) is 14.7 Å². The Morgan fingerprint density at radius 1 is 1.00 bits per heavy atom. The minimum Gasteiger partial charge on any atom is -0.507 e. The van der Waals surface area contributed by atoms with Crippen molar-refractivity contribution in [1.29, 1.82) is 0 Å². The van der Waals surface area contributed by atoms with Gasteiger partial charge in [-0.3, -0.25) is 9.59 Å². The number of hydrogen-bond donors (Lipinski definition) is 2. The van der Waals surface area contributed by atoms with Crippen LogP contribution >= 0.6 is 0 Å². The lowest BCUT2D eigenvalue weighted by molar-refractivity contribution is -0.908. The molecule has 32 heavy (non-hydrogen) atoms. The van der Waals surface area contributed by atoms with E-state index in [1.807, 2.05) is 50.2 Å². The number of carbonyl (C=O) groups is 2. The summed E-state index contributed by atoms with van der Waals surface area (Å²) in [6.45, 7) is 8.81. The zero-order chi connectivity index (χ0) is 22.7. The van der Waals surface area contributed by atoms with E-state index in [1.165, 1.54) is 4.90 Å². The van der Waals surface area contributed by atoms with Crippen molar-refractivity contribution in [3.05, 3.63) is 76.4 Å². The molecule has 0 aromatic heterocycles. The minimum atomic E-state index is -0.618. The Labute approximate surface area is 189 Å². The van der Waals surface area contributed by atoms with Gasteiger partial charge >= 0.3 is 0 Å². The van der Waals surface area contributed by atoms with Gasteiger partial charge in [-0.25, -0.2) is 0 Å². The van der Waals surface area contributed by atoms with Gasteiger partial charge in [0.05, 0.1) is 31.4 Å². The monoisotopic (exact) mass is 435 g/mol. The number of hydrogen-bond acceptors (Lipinski definition) is 4. The molecule has 0 radical (unpaired) electrons. The van der Waals surface area contributed by atoms with Crippen LogP contribution < -0.4 is 4.90 Å². The van der Waals surface area contributed by atoms with Crippen molar-refractivity contribution < 1.29 is 24.3 Å². The van der Waals surface area contributed by atoms with Crippen LogP contribution in [0.25, 0.3) is 5.76 Å². The summed E-state index contributed by atoms with van der Waals surface area (Å²) in [6.07, 6.45) is 0.787. The van der Waals surface area contributed by atoms with Crippen LogP contribution in [0.2, 0.25) is 0 Å². The summed E-state index contributed by atoms with van der Waals surface area (Å²) in [6, 6.07) is 14.6. The number of ketones is 1. The highest BCUT2D eigenvalue weighted by molar-refractivity contribution is 6.46. The quantitative estimate of drug-likeness (QED) is 0.414. The maximum absolute atomic E-state index is 13.1. The highest BCUT2D eigenvalue weighted by atomic mass is 16.5. The number of quaternary nitrogens is 1. The zero-order valence-electron chi connectivity index (χ0n) is 18.8. The molecule has 168 valence electrons. The number of rotatable bonds is 6. The van der Waals surface area contributed by atoms with Gasteiger partial charge in [-0.05, 0) is 19.4 Å². The van der Waals surface area contributed by atoms with Crippen LogP contribution in [-0.2, 0) is 14.3 Å². The molecule has 6 nitrogen and oxygen atoms in total. The Hall–Kier alpha value is -2.96. The Balaban J connectivity index is 1.66. The van der Waals surface area contributed by atoms with Gasteiger partial charge in [0.1, 0.15) is 18.8 Å². The lowest BCUT2D eigenvalue weighted by Crippen LogP contribution is -3.14. The topological polar surface area (TPSA) is 71.3 Å². The van der Waals surface area contributed by atoms with Crippen molar-refractivity contribution in [3.63, 3.8) is 0 Å². The lowest BCUT2D eigenvalue weighted by Gasteiger charge is -2.27. The fourth-order valence-corrected chi connectivity index (χ4v) is 4.48. The average Bonchev–Trinajstić information content (AvgIpc) is 3.05. The smallest absolute Gasteiger partial charge is 0.295 e. The average molecular weight is 436 g/mol. The number of aliphatic hydroxyl groups is 1. The first-order valence-electron chi connectivity index (χ1n) is 11.3. The first-order chi connectivity index (χ1) is 15.5. The summed E-state index contributed by atoms with van der Waals surface area (Å²) in [5.74, 6) is -1.27. The summed E-state index contributed by atoms with van der Waals surface area (Å²) in [5, 5.41) is 11.1. The number of ether oxygens (including phenoxy) is 1. The van der Waals surface area contributed by atoms with E-state index in [1.54, 1.807) is 17.0 Å². The van der Waals surface area contributed by atoms with Crippen molar-refractivity contribution in [1.82, 2.24) is 4.90 Å². The lowest BCUT2D eigenvalue weighted by atomic mass is 9.94. The first kappa shape index (κ1) is 22.2. The molecule has 2 N–H and O–H groups in total. The predicted octanol–water partition coefficient (Wildman–Crippen LogP) is 2.03. The van der Waals surface area contributed by atoms with Crippen LogP contribution in [0.1, 0.15) is 34.7 Å². The Bertz CT molecular complexity index is 1010. The third kappa shape index (κ3) is 4.61. The number of aryl methyl sites for hydroxylation is 2. The highest BCUT2D eigenvalue weighted by Crippen LogP contribution is 2.39. The molecule has 2 fully saturated rings. The van der Waals surface area contributed by atoms with Crippen LogP contribution in [0, 0.1) is 13.8 Å². The molecule has 1 atom stereocenters. The third-order valence-electron chi connectivity index (χ3n) is 6.39. The molecule has 2 aromatic carbocycles. The molecule has 2 aliphatic heterocycles. The van der Waals surface area contributed by atoms with Gasteiger partial charge in [0.25, 0.3) is 11.7 Å². The van der Waals surface area contributed by atoms with E-state index in [0.717, 1.165) is 56.0 Å². The predicted molar refractivity (Wildman–Crippen MR) is 122 cm³/mol. The maximum Gasteiger partial charge on any atom is 0.295 e. The second kappa shape index (κ2) is 9.67. The number of amides is 1. The van der Waals surface area contributed by atoms with Crippen molar-refractivity contribution >= 4 is 17.4 Å². The molecule has 2 saturated heterocycles. The molecular formula is C26H31N2O4+. The van der Waals surface area contributed by atoms with E-state index >= 15 is 0 Å². The molecule has 0 spiro atoms. The fraction of sp³-hybridized carbons (Fsp3) is 0.385. The van der Waals surface area contributed by atoms with Crippen molar-refractivity contribution in [2.75, 3.05) is 39.4 Å². The Kier molecular flexibility index (Phi) is 6.72. The second-order valence-corrected chi connectivity index (χ2v) is 8.74. The van der Waals surface area contributed by atoms with Crippen molar-refractivity contribution in [3.8, 4) is 0 Å². The summed E-state index contributed by atoms with van der Waals surface area (Å²) >= 11 is 0. The van der Waals surface area contributed by atoms with Gasteiger partial charge in [0.2, 0.25) is 0 Å². The van der Waals surface area contributed by atoms with Gasteiger partial charge in [0.15, 0.2) is 0 Å². The molecule has 4 rings (SSSR count). The molecular weight excluding hydrogens is 404 g/mol. The Morgan fingerprint density at radius 2 is 1.59 bits per heavy atom. The van der Waals surface area contributed by atoms with E-state index in [-0.39, 0.29) is 11.3 Å². The summed E-state index contributed by atoms with van der Waals surface area (Å²) in [7, 11) is 0. The molecule has 2 aliphatic rings. The van der Waals surface area contributed by atoms with Gasteiger partial charge in [0, 0.05) is 18.5 Å². The number of Topliss-reactive ketones (excluding diaryl/α,β-unsaturated/α-hetero) is 1. The SMILES string of the molecule is Cc1ccc(C(O)=C2C(=O)C(=O)N(CCC[NH+]3CCOCC3)[C@@H]2c2ccc(C)cc2)cc1. The summed E-state index contributed by atoms with van der Waals surface area (Å²) < 4.78 is 5.42. The van der Waals surface area contributed by atoms with Crippen LogP contribution in [0.15, 0.2) is 54.1 Å². The largest absolute Gasteiger partial charge is 0.507 e. The molecule has 0 aliphatic carbocycles. The molecule has 2 aromatic rings. The van der Waals surface area contributed by atoms with E-state index in [2.05, 4.69) is 0 Å². The third-order valence-corrected chi connectivity index (χ3v) is 6.39. The van der Waals surface area contributed by atoms with Crippen LogP contribution in [0.5, 0.6) is 0 Å². The molecule has 0 bridgehead atoms. The summed E-state index contributed by atoms with van der Waals surface area (Å²) in [4.78, 5) is 29.2. The van der Waals surface area contributed by atoms with Gasteiger partial charge in [-0.1, -0.05) is 59.7 Å². The maximum atomic E-state index is 13.1. The molecule has 0 saturated carbocycles. The standard InChI is InChI=1S/C26H30N2O4/c1-18-4-8-20(9-5-18)23-22(24(29)21-10-6-19(2)7-11-21)25(30)26(31)28(23)13-3-12-27-14-16-32-17-15-27/h4-11,23,29H,3,12-17H2,1-2H3/p+1/t23-/m1/s1. The van der Waals surface area contributed by atoms with Gasteiger partial charge in [-0.15, -0.1) is 0 Å². The summed E-state index contributed by atoms with van der Waals surface area (Å²) in [5.41, 5.74) is 3.70. The number of nitrogens with zero attached hydrogens (tertiary/aromatic N) is 1. The number of benzene rings is 2. The molecule has 2 heterocycles. The van der Waals surface area contributed by atoms with Gasteiger partial charge < -0.3 is 19.6 Å². The first-order valence-corrected chi connectivity index (χ1v) is 11.3. The molecule has 0 unspecified atom stereocenters. The van der Waals surface area contributed by atoms with E-state index < -0.39 is 17.7 Å². The second-order valence-electron chi connectivity index (χ2n) is 8.74. The highest BCUT2D eigenvalue weighted by Gasteiger charge is 2.45. The molecule has 1 amide bonds. The van der Waals surface area contributed by atoms with Crippen LogP contribution in [0.4, 0.5) is 0 Å². The van der Waals surface area contributed by atoms with E-state index in [0.29, 0.717) is 12.1 Å². The number of aliphatic hydroxyl groups excluding tert-OH is 1. The molecule has 6 heteroatoms. The fourth-order valence-electron chi connectivity index (χ4n) is 4.48. The Morgan fingerprint density at radius 3 is 2.22 bits per heavy atom. The van der Waals surface area contributed by atoms with Crippen molar-refractivity contribution in [2.24, 2.45) is 0 Å². The van der Waals surface area contributed by atoms with Crippen molar-refractivity contribution in [2.45, 2.75) is 26.3 Å². The number of nitrogens with one attached hydrogen (secondary N) is 1. The minimum absolute atomic E-state index is 0.116. The van der Waals surface area contributed by atoms with E-state index in [4.69, 9.17) is 4.74 Å². The zero-order valence-corrected chi connectivity index (χ0v) is 18.8.